The molecular formula is C23H23N5O. The highest BCUT2D eigenvalue weighted by molar-refractivity contribution is 6.03. The summed E-state index contributed by atoms with van der Waals surface area (Å²) < 4.78 is 0. The fourth-order valence-corrected chi connectivity index (χ4v) is 5.36. The number of hydrogen-bond donors (Lipinski definition) is 0. The Hall–Kier alpha value is -3.25. The summed E-state index contributed by atoms with van der Waals surface area (Å²) in [6, 6.07) is 11.9. The van der Waals surface area contributed by atoms with Gasteiger partial charge in [-0.2, -0.15) is 10.5 Å². The zero-order valence-corrected chi connectivity index (χ0v) is 17.2. The van der Waals surface area contributed by atoms with Crippen molar-refractivity contribution in [1.29, 1.82) is 10.5 Å². The summed E-state index contributed by atoms with van der Waals surface area (Å²) in [5.74, 6) is 0.0461. The molecule has 2 bridgehead atoms. The number of fused-ring (bicyclic) bond motifs is 5. The van der Waals surface area contributed by atoms with E-state index in [1.54, 1.807) is 0 Å². The second kappa shape index (κ2) is 6.39. The lowest BCUT2D eigenvalue weighted by atomic mass is 9.67. The number of anilines is 1. The minimum Gasteiger partial charge on any atom is -0.312 e. The molecule has 6 heteroatoms. The van der Waals surface area contributed by atoms with Crippen molar-refractivity contribution in [3.63, 3.8) is 0 Å². The van der Waals surface area contributed by atoms with E-state index >= 15 is 0 Å². The van der Waals surface area contributed by atoms with Gasteiger partial charge in [-0.3, -0.25) is 4.79 Å². The molecule has 1 fully saturated rings. The Morgan fingerprint density at radius 1 is 1.24 bits per heavy atom. The lowest BCUT2D eigenvalue weighted by molar-refractivity contribution is -0.127. The van der Waals surface area contributed by atoms with Crippen molar-refractivity contribution in [3.8, 4) is 12.1 Å². The van der Waals surface area contributed by atoms with E-state index in [-0.39, 0.29) is 23.2 Å². The third-order valence-electron chi connectivity index (χ3n) is 6.89. The first-order chi connectivity index (χ1) is 13.8. The van der Waals surface area contributed by atoms with Crippen LogP contribution >= 0.6 is 0 Å². The lowest BCUT2D eigenvalue weighted by Crippen LogP contribution is -2.52. The molecule has 4 rings (SSSR count). The molecule has 0 spiro atoms. The van der Waals surface area contributed by atoms with Crippen molar-refractivity contribution in [2.75, 3.05) is 11.4 Å². The third-order valence-corrected chi connectivity index (χ3v) is 6.89. The van der Waals surface area contributed by atoms with Crippen LogP contribution in [0, 0.1) is 35.0 Å². The number of aryl methyl sites for hydroxylation is 1. The van der Waals surface area contributed by atoms with Crippen LogP contribution in [0.4, 0.5) is 5.69 Å². The van der Waals surface area contributed by atoms with Crippen molar-refractivity contribution in [3.05, 3.63) is 52.6 Å². The molecule has 1 aromatic carbocycles. The number of nitriles is 2. The minimum atomic E-state index is -0.848. The molecule has 29 heavy (non-hydrogen) atoms. The van der Waals surface area contributed by atoms with Gasteiger partial charge >= 0.3 is 0 Å². The van der Waals surface area contributed by atoms with E-state index < -0.39 is 10.8 Å². The standard InChI is InChI=1S/C23H23N5O/c1-5-28(15-8-6-7-14(2)11-15)21(29)23-10-9-16(22(23,3)4)19-20(23)27-18(13-25)17(12-24)26-19/h6-8,11,16H,5,9-10H2,1-4H3. The molecule has 0 aliphatic heterocycles. The van der Waals surface area contributed by atoms with Gasteiger partial charge in [-0.15, -0.1) is 0 Å². The summed E-state index contributed by atoms with van der Waals surface area (Å²) in [6.45, 7) is 8.70. The molecule has 6 nitrogen and oxygen atoms in total. The normalized spacial score (nSPS) is 23.2. The number of rotatable bonds is 3. The van der Waals surface area contributed by atoms with Crippen LogP contribution in [-0.2, 0) is 10.2 Å². The highest BCUT2D eigenvalue weighted by Gasteiger charge is 2.68. The molecule has 1 heterocycles. The molecular weight excluding hydrogens is 362 g/mol. The zero-order valence-electron chi connectivity index (χ0n) is 17.2. The first-order valence-electron chi connectivity index (χ1n) is 9.93. The number of hydrogen-bond acceptors (Lipinski definition) is 5. The van der Waals surface area contributed by atoms with E-state index in [0.29, 0.717) is 24.4 Å². The number of nitrogens with zero attached hydrogens (tertiary/aromatic N) is 5. The van der Waals surface area contributed by atoms with Crippen molar-refractivity contribution in [2.24, 2.45) is 5.41 Å². The van der Waals surface area contributed by atoms with Gasteiger partial charge in [-0.25, -0.2) is 9.97 Å². The largest absolute Gasteiger partial charge is 0.312 e. The van der Waals surface area contributed by atoms with Crippen LogP contribution in [0.15, 0.2) is 24.3 Å². The molecule has 1 amide bonds. The molecule has 0 radical (unpaired) electrons. The van der Waals surface area contributed by atoms with Crippen LogP contribution in [0.1, 0.15) is 67.9 Å². The van der Waals surface area contributed by atoms with Crippen molar-refractivity contribution < 1.29 is 4.79 Å². The van der Waals surface area contributed by atoms with E-state index in [1.807, 2.05) is 55.2 Å². The van der Waals surface area contributed by atoms with Crippen LogP contribution in [0.25, 0.3) is 0 Å². The minimum absolute atomic E-state index is 0.000234. The van der Waals surface area contributed by atoms with Crippen molar-refractivity contribution in [2.45, 2.75) is 51.9 Å². The molecule has 0 N–H and O–H groups in total. The van der Waals surface area contributed by atoms with Gasteiger partial charge in [0.15, 0.2) is 11.4 Å². The predicted molar refractivity (Wildman–Crippen MR) is 108 cm³/mol. The van der Waals surface area contributed by atoms with E-state index in [1.165, 1.54) is 0 Å². The maximum Gasteiger partial charge on any atom is 0.239 e. The fourth-order valence-electron chi connectivity index (χ4n) is 5.36. The van der Waals surface area contributed by atoms with Gasteiger partial charge in [0.2, 0.25) is 5.91 Å². The van der Waals surface area contributed by atoms with Crippen LogP contribution in [0.5, 0.6) is 0 Å². The van der Waals surface area contributed by atoms with Gasteiger partial charge in [0.25, 0.3) is 0 Å². The molecule has 2 aliphatic rings. The Morgan fingerprint density at radius 3 is 2.55 bits per heavy atom. The monoisotopic (exact) mass is 385 g/mol. The second-order valence-electron chi connectivity index (χ2n) is 8.48. The SMILES string of the molecule is CCN(C(=O)C12CCC(c3nc(C#N)c(C#N)nc31)C2(C)C)c1cccc(C)c1. The van der Waals surface area contributed by atoms with Crippen molar-refractivity contribution >= 4 is 11.6 Å². The molecule has 2 atom stereocenters. The summed E-state index contributed by atoms with van der Waals surface area (Å²) >= 11 is 0. The van der Waals surface area contributed by atoms with E-state index in [9.17, 15) is 15.3 Å². The molecule has 2 aliphatic carbocycles. The van der Waals surface area contributed by atoms with Crippen LogP contribution < -0.4 is 4.90 Å². The summed E-state index contributed by atoms with van der Waals surface area (Å²) in [7, 11) is 0. The van der Waals surface area contributed by atoms with E-state index in [2.05, 4.69) is 23.8 Å². The average molecular weight is 385 g/mol. The molecule has 2 unspecified atom stereocenters. The Labute approximate surface area is 170 Å². The topological polar surface area (TPSA) is 93.7 Å². The van der Waals surface area contributed by atoms with Crippen LogP contribution in [0.2, 0.25) is 0 Å². The summed E-state index contributed by atoms with van der Waals surface area (Å²) in [5, 5.41) is 18.8. The van der Waals surface area contributed by atoms with Gasteiger partial charge in [0, 0.05) is 18.2 Å². The Bertz CT molecular complexity index is 1110. The molecule has 1 aromatic heterocycles. The average Bonchev–Trinajstić information content (AvgIpc) is 3.08. The highest BCUT2D eigenvalue weighted by Crippen LogP contribution is 2.67. The van der Waals surface area contributed by atoms with Crippen LogP contribution in [-0.4, -0.2) is 22.4 Å². The molecule has 0 saturated heterocycles. The maximum absolute atomic E-state index is 14.1. The van der Waals surface area contributed by atoms with Gasteiger partial charge in [-0.1, -0.05) is 26.0 Å². The quantitative estimate of drug-likeness (QED) is 0.802. The zero-order chi connectivity index (χ0) is 21.0. The number of amides is 1. The Balaban J connectivity index is 1.92. The van der Waals surface area contributed by atoms with E-state index in [0.717, 1.165) is 17.7 Å². The number of likely N-dealkylation sites (N-methyl/N-ethyl adjacent to an activating group) is 1. The second-order valence-corrected chi connectivity index (χ2v) is 8.48. The van der Waals surface area contributed by atoms with E-state index in [4.69, 9.17) is 0 Å². The maximum atomic E-state index is 14.1. The Morgan fingerprint density at radius 2 is 1.93 bits per heavy atom. The summed E-state index contributed by atoms with van der Waals surface area (Å²) in [6.07, 6.45) is 1.49. The molecule has 1 saturated carbocycles. The van der Waals surface area contributed by atoms with Gasteiger partial charge in [0.1, 0.15) is 12.1 Å². The number of carbonyl (C=O) groups is 1. The number of benzene rings is 1. The summed E-state index contributed by atoms with van der Waals surface area (Å²) in [4.78, 5) is 25.0. The third kappa shape index (κ3) is 2.36. The Kier molecular flexibility index (Phi) is 4.20. The highest BCUT2D eigenvalue weighted by atomic mass is 16.2. The molecule has 146 valence electrons. The summed E-state index contributed by atoms with van der Waals surface area (Å²) in [5.41, 5.74) is 2.05. The first kappa shape index (κ1) is 19.1. The lowest BCUT2D eigenvalue weighted by Gasteiger charge is -2.40. The number of aromatic nitrogens is 2. The van der Waals surface area contributed by atoms with Gasteiger partial charge < -0.3 is 4.90 Å². The number of carbonyl (C=O) groups excluding carboxylic acids is 1. The van der Waals surface area contributed by atoms with Gasteiger partial charge in [0.05, 0.1) is 16.8 Å². The fraction of sp³-hybridized carbons (Fsp3) is 0.435. The first-order valence-corrected chi connectivity index (χ1v) is 9.93. The predicted octanol–water partition coefficient (Wildman–Crippen LogP) is 3.74. The van der Waals surface area contributed by atoms with Gasteiger partial charge in [-0.05, 0) is 49.8 Å². The van der Waals surface area contributed by atoms with Crippen molar-refractivity contribution in [1.82, 2.24) is 9.97 Å². The van der Waals surface area contributed by atoms with Crippen LogP contribution in [0.3, 0.4) is 0 Å². The smallest absolute Gasteiger partial charge is 0.239 e. The molecule has 2 aromatic rings.